The van der Waals surface area contributed by atoms with Gasteiger partial charge in [-0.05, 0) is 53.9 Å². The van der Waals surface area contributed by atoms with Gasteiger partial charge in [0.2, 0.25) is 0 Å². The Labute approximate surface area is 202 Å². The molecule has 0 aliphatic carbocycles. The van der Waals surface area contributed by atoms with Crippen LogP contribution in [0.15, 0.2) is 97.3 Å². The van der Waals surface area contributed by atoms with Crippen LogP contribution in [0.25, 0.3) is 33.9 Å². The number of benzene rings is 3. The zero-order chi connectivity index (χ0) is 24.2. The maximum Gasteiger partial charge on any atom is 0.169 e. The number of hydrogen-bond donors (Lipinski definition) is 0. The second-order valence-corrected chi connectivity index (χ2v) is 8.14. The van der Waals surface area contributed by atoms with E-state index >= 15 is 0 Å². The molecule has 0 bridgehead atoms. The molecule has 0 unspecified atom stereocenters. The summed E-state index contributed by atoms with van der Waals surface area (Å²) in [6.45, 7) is 3.17. The quantitative estimate of drug-likeness (QED) is 0.242. The lowest BCUT2D eigenvalue weighted by Gasteiger charge is -2.10. The third-order valence-electron chi connectivity index (χ3n) is 5.71. The van der Waals surface area contributed by atoms with Gasteiger partial charge in [0, 0.05) is 18.9 Å². The second kappa shape index (κ2) is 9.89. The highest BCUT2D eigenvalue weighted by Crippen LogP contribution is 2.28. The van der Waals surface area contributed by atoms with Crippen LogP contribution in [0.2, 0.25) is 0 Å². The Balaban J connectivity index is 1.30. The Hall–Kier alpha value is -4.32. The third kappa shape index (κ3) is 4.96. The van der Waals surface area contributed by atoms with Gasteiger partial charge in [-0.15, -0.1) is 0 Å². The molecule has 0 N–H and O–H groups in total. The summed E-state index contributed by atoms with van der Waals surface area (Å²) in [5.74, 6) is -0.832. The number of fused-ring (bicyclic) bond motifs is 1. The molecule has 0 aromatic heterocycles. The van der Waals surface area contributed by atoms with Crippen LogP contribution in [0.4, 0.5) is 8.78 Å². The fourth-order valence-electron chi connectivity index (χ4n) is 3.84. The number of imidazole rings is 1. The predicted octanol–water partition coefficient (Wildman–Crippen LogP) is 7.00. The van der Waals surface area contributed by atoms with E-state index < -0.39 is 11.6 Å². The monoisotopic (exact) mass is 467 g/mol. The average molecular weight is 468 g/mol. The zero-order valence-electron chi connectivity index (χ0n) is 19.2. The van der Waals surface area contributed by atoms with E-state index in [0.29, 0.717) is 24.5 Å². The minimum Gasteiger partial charge on any atom is -0.490 e. The molecule has 5 rings (SSSR count). The first kappa shape index (κ1) is 22.5. The van der Waals surface area contributed by atoms with Gasteiger partial charge in [0.1, 0.15) is 18.1 Å². The van der Waals surface area contributed by atoms with Crippen LogP contribution in [0.1, 0.15) is 12.5 Å². The molecule has 35 heavy (non-hydrogen) atoms. The van der Waals surface area contributed by atoms with Crippen LogP contribution in [-0.2, 0) is 6.54 Å². The van der Waals surface area contributed by atoms with Crippen LogP contribution in [0.5, 0.6) is 5.75 Å². The van der Waals surface area contributed by atoms with E-state index in [1.54, 1.807) is 0 Å². The van der Waals surface area contributed by atoms with Gasteiger partial charge in [0.25, 0.3) is 0 Å². The summed E-state index contributed by atoms with van der Waals surface area (Å²) >= 11 is 0. The van der Waals surface area contributed by atoms with Crippen molar-refractivity contribution in [3.8, 4) is 39.7 Å². The number of rotatable bonds is 7. The SMILES string of the molecule is CC=CCOc1ccc(-c2ccc(Cn3ccc4nc(-c5cccc(F)c5F)nc-4c3)cc2)cc1. The third-order valence-corrected chi connectivity index (χ3v) is 5.71. The van der Waals surface area contributed by atoms with Gasteiger partial charge >= 0.3 is 0 Å². The van der Waals surface area contributed by atoms with Crippen molar-refractivity contribution in [3.63, 3.8) is 0 Å². The lowest BCUT2D eigenvalue weighted by Crippen LogP contribution is -2.00. The lowest BCUT2D eigenvalue weighted by molar-refractivity contribution is 0.363. The van der Waals surface area contributed by atoms with E-state index in [4.69, 9.17) is 4.74 Å². The van der Waals surface area contributed by atoms with Crippen molar-refractivity contribution in [2.45, 2.75) is 13.5 Å². The average Bonchev–Trinajstić information content (AvgIpc) is 3.30. The first-order valence-corrected chi connectivity index (χ1v) is 11.3. The minimum atomic E-state index is -0.938. The van der Waals surface area contributed by atoms with Gasteiger partial charge in [-0.1, -0.05) is 54.6 Å². The van der Waals surface area contributed by atoms with E-state index in [1.165, 1.54) is 12.1 Å². The second-order valence-electron chi connectivity index (χ2n) is 8.14. The van der Waals surface area contributed by atoms with Crippen molar-refractivity contribution in [1.82, 2.24) is 14.5 Å². The molecule has 0 saturated carbocycles. The molecule has 0 spiro atoms. The van der Waals surface area contributed by atoms with Gasteiger partial charge in [0.15, 0.2) is 17.5 Å². The molecule has 6 heteroatoms. The first-order chi connectivity index (χ1) is 17.1. The van der Waals surface area contributed by atoms with Crippen molar-refractivity contribution in [2.75, 3.05) is 6.61 Å². The topological polar surface area (TPSA) is 39.9 Å². The Morgan fingerprint density at radius 1 is 0.857 bits per heavy atom. The van der Waals surface area contributed by atoms with Crippen molar-refractivity contribution in [3.05, 3.63) is 115 Å². The molecule has 2 heterocycles. The molecule has 174 valence electrons. The summed E-state index contributed by atoms with van der Waals surface area (Å²) in [4.78, 5) is 8.78. The minimum absolute atomic E-state index is 0.0562. The Morgan fingerprint density at radius 3 is 2.31 bits per heavy atom. The highest BCUT2D eigenvalue weighted by molar-refractivity contribution is 5.66. The highest BCUT2D eigenvalue weighted by Gasteiger charge is 2.17. The van der Waals surface area contributed by atoms with E-state index in [1.807, 2.05) is 54.2 Å². The zero-order valence-corrected chi connectivity index (χ0v) is 19.2. The number of aromatic nitrogens is 3. The Bertz CT molecular complexity index is 1440. The van der Waals surface area contributed by atoms with E-state index in [2.05, 4.69) is 46.4 Å². The number of ether oxygens (including phenoxy) is 1. The molecule has 0 saturated heterocycles. The first-order valence-electron chi connectivity index (χ1n) is 11.3. The largest absolute Gasteiger partial charge is 0.490 e. The van der Waals surface area contributed by atoms with Crippen molar-refractivity contribution in [2.24, 2.45) is 0 Å². The van der Waals surface area contributed by atoms with Gasteiger partial charge in [-0.2, -0.15) is 0 Å². The molecule has 0 amide bonds. The smallest absolute Gasteiger partial charge is 0.169 e. The lowest BCUT2D eigenvalue weighted by atomic mass is 10.0. The number of halogens is 2. The molecular formula is C29H23F2N3O. The number of nitrogens with zero attached hydrogens (tertiary/aromatic N) is 3. The van der Waals surface area contributed by atoms with Crippen molar-refractivity contribution < 1.29 is 13.5 Å². The van der Waals surface area contributed by atoms with E-state index in [-0.39, 0.29) is 11.4 Å². The van der Waals surface area contributed by atoms with Crippen molar-refractivity contribution >= 4 is 0 Å². The number of allylic oxidation sites excluding steroid dienone is 1. The van der Waals surface area contributed by atoms with Crippen LogP contribution in [0.3, 0.4) is 0 Å². The maximum atomic E-state index is 14.2. The van der Waals surface area contributed by atoms with Gasteiger partial charge in [0.05, 0.1) is 11.3 Å². The Morgan fingerprint density at radius 2 is 1.57 bits per heavy atom. The standard InChI is InChI=1S/C29H23F2N3O/c1-2-3-17-35-23-13-11-22(12-14-23)21-9-7-20(8-10-21)18-34-16-15-26-27(19-34)33-29(32-26)24-5-4-6-25(30)28(24)31/h2-16,19H,17-18H2,1H3. The Kier molecular flexibility index (Phi) is 6.35. The van der Waals surface area contributed by atoms with Crippen molar-refractivity contribution in [1.29, 1.82) is 0 Å². The summed E-state index contributed by atoms with van der Waals surface area (Å²) in [6.07, 6.45) is 7.70. The van der Waals surface area contributed by atoms with Crippen LogP contribution >= 0.6 is 0 Å². The van der Waals surface area contributed by atoms with Crippen LogP contribution in [-0.4, -0.2) is 21.1 Å². The molecule has 3 aromatic rings. The predicted molar refractivity (Wildman–Crippen MR) is 133 cm³/mol. The number of pyridine rings is 1. The normalized spacial score (nSPS) is 11.4. The van der Waals surface area contributed by atoms with Gasteiger partial charge in [-0.25, -0.2) is 18.7 Å². The molecule has 2 aliphatic heterocycles. The molecule has 0 radical (unpaired) electrons. The fourth-order valence-corrected chi connectivity index (χ4v) is 3.84. The summed E-state index contributed by atoms with van der Waals surface area (Å²) in [6, 6.07) is 22.3. The van der Waals surface area contributed by atoms with Gasteiger partial charge in [-0.3, -0.25) is 0 Å². The molecule has 0 fully saturated rings. The highest BCUT2D eigenvalue weighted by atomic mass is 19.2. The summed E-state index contributed by atoms with van der Waals surface area (Å²) < 4.78 is 35.4. The molecular weight excluding hydrogens is 444 g/mol. The van der Waals surface area contributed by atoms with Gasteiger partial charge < -0.3 is 9.30 Å². The van der Waals surface area contributed by atoms with Crippen LogP contribution in [0, 0.1) is 11.6 Å². The molecule has 4 nitrogen and oxygen atoms in total. The molecule has 0 atom stereocenters. The number of hydrogen-bond acceptors (Lipinski definition) is 3. The van der Waals surface area contributed by atoms with E-state index in [0.717, 1.165) is 28.5 Å². The summed E-state index contributed by atoms with van der Waals surface area (Å²) in [7, 11) is 0. The molecule has 3 aromatic carbocycles. The summed E-state index contributed by atoms with van der Waals surface area (Å²) in [5.41, 5.74) is 4.68. The van der Waals surface area contributed by atoms with E-state index in [9.17, 15) is 8.78 Å². The summed E-state index contributed by atoms with van der Waals surface area (Å²) in [5, 5.41) is 0. The fraction of sp³-hybridized carbons (Fsp3) is 0.103. The van der Waals surface area contributed by atoms with Crippen LogP contribution < -0.4 is 4.74 Å². The maximum absolute atomic E-state index is 14.2. The molecule has 2 aliphatic rings.